The molecule has 0 atom stereocenters. The Bertz CT molecular complexity index is 860. The Hall–Kier alpha value is -3.04. The molecule has 7 heteroatoms. The van der Waals surface area contributed by atoms with Gasteiger partial charge in [-0.25, -0.2) is 4.79 Å². The van der Waals surface area contributed by atoms with E-state index in [1.54, 1.807) is 31.2 Å². The first-order chi connectivity index (χ1) is 11.5. The van der Waals surface area contributed by atoms with Gasteiger partial charge in [-0.05, 0) is 37.3 Å². The highest BCUT2D eigenvalue weighted by atomic mass is 35.5. The number of carboxylic acids is 1. The van der Waals surface area contributed by atoms with Gasteiger partial charge in [0.05, 0.1) is 12.6 Å². The normalized spacial score (nSPS) is 11.0. The number of esters is 1. The van der Waals surface area contributed by atoms with E-state index in [0.29, 0.717) is 11.3 Å². The van der Waals surface area contributed by atoms with Gasteiger partial charge in [-0.15, -0.1) is 0 Å². The van der Waals surface area contributed by atoms with E-state index >= 15 is 0 Å². The summed E-state index contributed by atoms with van der Waals surface area (Å²) in [6.07, 6.45) is 1.25. The molecule has 0 spiro atoms. The summed E-state index contributed by atoms with van der Waals surface area (Å²) in [5, 5.41) is 20.1. The molecule has 0 aliphatic heterocycles. The molecule has 0 saturated heterocycles. The molecular formula is C17H11ClNO5-. The zero-order valence-electron chi connectivity index (χ0n) is 12.5. The molecule has 0 saturated carbocycles. The fourth-order valence-corrected chi connectivity index (χ4v) is 2.10. The van der Waals surface area contributed by atoms with E-state index in [4.69, 9.17) is 26.0 Å². The standard InChI is InChI=1S/C17H12ClNO5/c1-2-23-17(22)11(9-19)7-12-4-6-15(24-12)10-3-5-14(18)13(8-10)16(20)21/h3-8H,2H2,1H3,(H,20,21)/p-1/b11-7-. The number of carbonyl (C=O) groups is 2. The summed E-state index contributed by atoms with van der Waals surface area (Å²) < 4.78 is 10.3. The number of nitriles is 1. The predicted octanol–water partition coefficient (Wildman–Crippen LogP) is 2.43. The van der Waals surface area contributed by atoms with E-state index < -0.39 is 11.9 Å². The summed E-state index contributed by atoms with van der Waals surface area (Å²) in [7, 11) is 0. The van der Waals surface area contributed by atoms with Crippen LogP contribution in [0.5, 0.6) is 0 Å². The Balaban J connectivity index is 2.34. The zero-order valence-corrected chi connectivity index (χ0v) is 13.3. The van der Waals surface area contributed by atoms with Gasteiger partial charge in [0.25, 0.3) is 0 Å². The zero-order chi connectivity index (χ0) is 17.7. The maximum Gasteiger partial charge on any atom is 0.349 e. The average Bonchev–Trinajstić information content (AvgIpc) is 3.01. The molecule has 0 N–H and O–H groups in total. The van der Waals surface area contributed by atoms with Crippen LogP contribution in [0.3, 0.4) is 0 Å². The Morgan fingerprint density at radius 1 is 1.38 bits per heavy atom. The molecule has 0 radical (unpaired) electrons. The molecule has 6 nitrogen and oxygen atoms in total. The van der Waals surface area contributed by atoms with Crippen molar-refractivity contribution >= 4 is 29.6 Å². The molecule has 0 aliphatic rings. The van der Waals surface area contributed by atoms with Crippen LogP contribution in [0.25, 0.3) is 17.4 Å². The molecule has 2 aromatic rings. The monoisotopic (exact) mass is 344 g/mol. The number of furan rings is 1. The second-order valence-electron chi connectivity index (χ2n) is 4.57. The molecule has 122 valence electrons. The number of hydrogen-bond donors (Lipinski definition) is 0. The summed E-state index contributed by atoms with van der Waals surface area (Å²) in [5.41, 5.74) is 0.101. The first-order valence-electron chi connectivity index (χ1n) is 6.86. The Labute approximate surface area is 142 Å². The number of benzene rings is 1. The van der Waals surface area contributed by atoms with Crippen LogP contribution in [-0.4, -0.2) is 18.5 Å². The van der Waals surface area contributed by atoms with Crippen LogP contribution in [0.4, 0.5) is 0 Å². The predicted molar refractivity (Wildman–Crippen MR) is 83.7 cm³/mol. The summed E-state index contributed by atoms with van der Waals surface area (Å²) >= 11 is 5.79. The molecule has 0 amide bonds. The van der Waals surface area contributed by atoms with E-state index in [-0.39, 0.29) is 28.5 Å². The summed E-state index contributed by atoms with van der Waals surface area (Å²) in [6, 6.07) is 9.17. The minimum atomic E-state index is -1.40. The largest absolute Gasteiger partial charge is 0.545 e. The molecule has 1 aromatic heterocycles. The fraction of sp³-hybridized carbons (Fsp3) is 0.118. The van der Waals surface area contributed by atoms with Crippen molar-refractivity contribution in [2.24, 2.45) is 0 Å². The lowest BCUT2D eigenvalue weighted by atomic mass is 10.1. The van der Waals surface area contributed by atoms with Crippen molar-refractivity contribution in [2.75, 3.05) is 6.61 Å². The van der Waals surface area contributed by atoms with E-state index in [2.05, 4.69) is 0 Å². The molecule has 24 heavy (non-hydrogen) atoms. The van der Waals surface area contributed by atoms with E-state index in [9.17, 15) is 14.7 Å². The highest BCUT2D eigenvalue weighted by Crippen LogP contribution is 2.27. The van der Waals surface area contributed by atoms with Gasteiger partial charge in [-0.1, -0.05) is 11.6 Å². The van der Waals surface area contributed by atoms with Crippen LogP contribution in [0.1, 0.15) is 23.0 Å². The van der Waals surface area contributed by atoms with Gasteiger partial charge in [0.1, 0.15) is 23.2 Å². The van der Waals surface area contributed by atoms with Crippen LogP contribution < -0.4 is 5.11 Å². The molecule has 0 aliphatic carbocycles. The molecule has 0 bridgehead atoms. The fourth-order valence-electron chi connectivity index (χ4n) is 1.91. The number of nitrogens with zero attached hydrogens (tertiary/aromatic N) is 1. The smallest absolute Gasteiger partial charge is 0.349 e. The first-order valence-corrected chi connectivity index (χ1v) is 7.24. The number of rotatable bonds is 5. The molecule has 1 aromatic carbocycles. The average molecular weight is 345 g/mol. The van der Waals surface area contributed by atoms with Crippen molar-refractivity contribution in [3.8, 4) is 17.4 Å². The number of carbonyl (C=O) groups excluding carboxylic acids is 2. The number of ether oxygens (including phenoxy) is 1. The Morgan fingerprint density at radius 2 is 2.12 bits per heavy atom. The molecular weight excluding hydrogens is 334 g/mol. The second kappa shape index (κ2) is 7.49. The number of halogens is 1. The molecule has 0 fully saturated rings. The van der Waals surface area contributed by atoms with Crippen LogP contribution in [-0.2, 0) is 9.53 Å². The van der Waals surface area contributed by atoms with Crippen molar-refractivity contribution in [1.82, 2.24) is 0 Å². The van der Waals surface area contributed by atoms with Crippen LogP contribution in [0, 0.1) is 11.3 Å². The Kier molecular flexibility index (Phi) is 5.40. The minimum Gasteiger partial charge on any atom is -0.545 e. The van der Waals surface area contributed by atoms with Crippen LogP contribution in [0.2, 0.25) is 5.02 Å². The lowest BCUT2D eigenvalue weighted by Gasteiger charge is -2.06. The van der Waals surface area contributed by atoms with Gasteiger partial charge >= 0.3 is 5.97 Å². The van der Waals surface area contributed by atoms with Gasteiger partial charge in [-0.2, -0.15) is 5.26 Å². The topological polar surface area (TPSA) is 103 Å². The van der Waals surface area contributed by atoms with E-state index in [1.165, 1.54) is 18.2 Å². The van der Waals surface area contributed by atoms with Gasteiger partial charge in [0.15, 0.2) is 0 Å². The number of carboxylic acid groups (broad SMARTS) is 1. The molecule has 2 rings (SSSR count). The highest BCUT2D eigenvalue weighted by molar-refractivity contribution is 6.33. The maximum atomic E-state index is 11.6. The lowest BCUT2D eigenvalue weighted by molar-refractivity contribution is -0.255. The summed E-state index contributed by atoms with van der Waals surface area (Å²) in [6.45, 7) is 1.78. The van der Waals surface area contributed by atoms with Crippen molar-refractivity contribution in [3.05, 3.63) is 52.3 Å². The first kappa shape index (κ1) is 17.3. The second-order valence-corrected chi connectivity index (χ2v) is 4.98. The lowest BCUT2D eigenvalue weighted by Crippen LogP contribution is -2.22. The van der Waals surface area contributed by atoms with Crippen molar-refractivity contribution in [1.29, 1.82) is 5.26 Å². The third-order valence-corrected chi connectivity index (χ3v) is 3.33. The SMILES string of the molecule is CCOC(=O)/C(C#N)=C\c1ccc(-c2ccc(Cl)c(C(=O)[O-])c2)o1. The van der Waals surface area contributed by atoms with E-state index in [1.807, 2.05) is 0 Å². The van der Waals surface area contributed by atoms with Gasteiger partial charge in [0.2, 0.25) is 0 Å². The van der Waals surface area contributed by atoms with Gasteiger partial charge < -0.3 is 19.1 Å². The summed E-state index contributed by atoms with van der Waals surface area (Å²) in [4.78, 5) is 22.6. The number of aromatic carboxylic acids is 1. The van der Waals surface area contributed by atoms with Crippen LogP contribution >= 0.6 is 11.6 Å². The van der Waals surface area contributed by atoms with Crippen molar-refractivity contribution in [2.45, 2.75) is 6.92 Å². The minimum absolute atomic E-state index is 0.0551. The van der Waals surface area contributed by atoms with Crippen molar-refractivity contribution < 1.29 is 23.8 Å². The number of hydrogen-bond acceptors (Lipinski definition) is 6. The Morgan fingerprint density at radius 3 is 2.75 bits per heavy atom. The van der Waals surface area contributed by atoms with Gasteiger partial charge in [0, 0.05) is 22.2 Å². The summed E-state index contributed by atoms with van der Waals surface area (Å²) in [5.74, 6) is -1.55. The molecule has 1 heterocycles. The van der Waals surface area contributed by atoms with Crippen molar-refractivity contribution in [3.63, 3.8) is 0 Å². The third-order valence-electron chi connectivity index (χ3n) is 3.00. The quantitative estimate of drug-likeness (QED) is 0.469. The van der Waals surface area contributed by atoms with E-state index in [0.717, 1.165) is 0 Å². The van der Waals surface area contributed by atoms with Crippen LogP contribution in [0.15, 0.2) is 40.3 Å². The van der Waals surface area contributed by atoms with Gasteiger partial charge in [-0.3, -0.25) is 0 Å². The third kappa shape index (κ3) is 3.83. The highest BCUT2D eigenvalue weighted by Gasteiger charge is 2.12. The maximum absolute atomic E-state index is 11.6. The molecule has 0 unspecified atom stereocenters.